The van der Waals surface area contributed by atoms with Crippen LogP contribution in [0.3, 0.4) is 0 Å². The van der Waals surface area contributed by atoms with Gasteiger partial charge in [-0.15, -0.1) is 0 Å². The molecule has 158 valence electrons. The van der Waals surface area contributed by atoms with Gasteiger partial charge in [-0.25, -0.2) is 0 Å². The molecule has 1 aliphatic heterocycles. The number of benzene rings is 1. The lowest BCUT2D eigenvalue weighted by Crippen LogP contribution is -2.70. The van der Waals surface area contributed by atoms with Gasteiger partial charge in [0.2, 0.25) is 11.8 Å². The summed E-state index contributed by atoms with van der Waals surface area (Å²) < 4.78 is 0. The lowest BCUT2D eigenvalue weighted by atomic mass is 9.76. The highest BCUT2D eigenvalue weighted by Gasteiger charge is 2.52. The average molecular weight is 399 g/mol. The second-order valence-electron chi connectivity index (χ2n) is 9.69. The van der Waals surface area contributed by atoms with Crippen molar-refractivity contribution in [2.45, 2.75) is 82.7 Å². The minimum absolute atomic E-state index is 0.00787. The van der Waals surface area contributed by atoms with Crippen LogP contribution in [-0.4, -0.2) is 41.3 Å². The molecule has 2 fully saturated rings. The molecular weight excluding hydrogens is 364 g/mol. The van der Waals surface area contributed by atoms with Crippen LogP contribution in [0.1, 0.15) is 76.8 Å². The van der Waals surface area contributed by atoms with Crippen molar-refractivity contribution in [2.75, 3.05) is 7.05 Å². The summed E-state index contributed by atoms with van der Waals surface area (Å²) in [6.07, 6.45) is 5.38. The van der Waals surface area contributed by atoms with Gasteiger partial charge in [0, 0.05) is 13.1 Å². The predicted molar refractivity (Wildman–Crippen MR) is 115 cm³/mol. The zero-order valence-corrected chi connectivity index (χ0v) is 18.3. The molecule has 3 rings (SSSR count). The first kappa shape index (κ1) is 21.3. The summed E-state index contributed by atoms with van der Waals surface area (Å²) in [5.74, 6) is -1.18. The smallest absolute Gasteiger partial charge is 0.246 e. The monoisotopic (exact) mass is 398 g/mol. The van der Waals surface area contributed by atoms with Crippen molar-refractivity contribution in [3.8, 4) is 0 Å². The number of amides is 2. The van der Waals surface area contributed by atoms with Crippen LogP contribution in [0.5, 0.6) is 0 Å². The highest BCUT2D eigenvalue weighted by molar-refractivity contribution is 6.08. The third-order valence-electron chi connectivity index (χ3n) is 6.39. The van der Waals surface area contributed by atoms with E-state index in [2.05, 4.69) is 31.4 Å². The molecule has 1 aliphatic carbocycles. The van der Waals surface area contributed by atoms with Crippen LogP contribution in [0.25, 0.3) is 0 Å². The fraction of sp³-hybridized carbons (Fsp3) is 0.609. The van der Waals surface area contributed by atoms with Gasteiger partial charge in [0.15, 0.2) is 5.96 Å². The first-order chi connectivity index (χ1) is 13.5. The number of carbonyl (C=O) groups excluding carboxylic acids is 2. The molecular formula is C23H34N4O2. The van der Waals surface area contributed by atoms with E-state index in [1.54, 1.807) is 14.0 Å². The van der Waals surface area contributed by atoms with E-state index in [4.69, 9.17) is 5.41 Å². The number of nitrogens with zero attached hydrogens (tertiary/aromatic N) is 1. The molecule has 1 heterocycles. The van der Waals surface area contributed by atoms with Gasteiger partial charge in [0.25, 0.3) is 0 Å². The fourth-order valence-corrected chi connectivity index (χ4v) is 4.37. The van der Waals surface area contributed by atoms with E-state index in [1.807, 2.05) is 24.3 Å². The number of hydrogen-bond donors (Lipinski definition) is 3. The highest BCUT2D eigenvalue weighted by Crippen LogP contribution is 2.35. The first-order valence-electron chi connectivity index (χ1n) is 10.6. The van der Waals surface area contributed by atoms with E-state index in [9.17, 15) is 9.59 Å². The van der Waals surface area contributed by atoms with Gasteiger partial charge in [-0.2, -0.15) is 0 Å². The van der Waals surface area contributed by atoms with Crippen LogP contribution < -0.4 is 10.6 Å². The number of carbonyl (C=O) groups is 2. The van der Waals surface area contributed by atoms with Gasteiger partial charge in [-0.1, -0.05) is 64.3 Å². The Bertz CT molecular complexity index is 790. The minimum atomic E-state index is -1.21. The number of hydrogen-bond acceptors (Lipinski definition) is 3. The van der Waals surface area contributed by atoms with Gasteiger partial charge in [-0.05, 0) is 36.3 Å². The molecule has 0 radical (unpaired) electrons. The summed E-state index contributed by atoms with van der Waals surface area (Å²) in [4.78, 5) is 27.8. The van der Waals surface area contributed by atoms with Crippen LogP contribution >= 0.6 is 0 Å². The zero-order chi connectivity index (χ0) is 21.4. The van der Waals surface area contributed by atoms with Crippen molar-refractivity contribution in [3.63, 3.8) is 0 Å². The largest absolute Gasteiger partial charge is 0.351 e. The summed E-state index contributed by atoms with van der Waals surface area (Å²) in [6, 6.07) is 8.09. The normalized spacial score (nSPS) is 26.2. The van der Waals surface area contributed by atoms with Gasteiger partial charge >= 0.3 is 0 Å². The lowest BCUT2D eigenvalue weighted by Gasteiger charge is -2.45. The molecule has 0 bridgehead atoms. The predicted octanol–water partition coefficient (Wildman–Crippen LogP) is 3.27. The van der Waals surface area contributed by atoms with Gasteiger partial charge in [0.1, 0.15) is 5.54 Å². The molecule has 6 heteroatoms. The summed E-state index contributed by atoms with van der Waals surface area (Å²) in [5, 5.41) is 14.4. The summed E-state index contributed by atoms with van der Waals surface area (Å²) in [7, 11) is 1.58. The van der Waals surface area contributed by atoms with Crippen molar-refractivity contribution in [1.82, 2.24) is 15.5 Å². The highest BCUT2D eigenvalue weighted by atomic mass is 16.2. The molecule has 2 aliphatic rings. The number of nitrogens with one attached hydrogen (secondary N) is 3. The maximum absolute atomic E-state index is 13.4. The van der Waals surface area contributed by atoms with E-state index in [1.165, 1.54) is 16.9 Å². The third kappa shape index (κ3) is 4.16. The second kappa shape index (κ2) is 7.81. The van der Waals surface area contributed by atoms with Gasteiger partial charge in [-0.3, -0.25) is 19.9 Å². The van der Waals surface area contributed by atoms with Gasteiger partial charge in [0.05, 0.1) is 5.92 Å². The quantitative estimate of drug-likeness (QED) is 0.730. The van der Waals surface area contributed by atoms with E-state index in [0.717, 1.165) is 31.2 Å². The molecule has 1 saturated carbocycles. The Balaban J connectivity index is 1.94. The minimum Gasteiger partial charge on any atom is -0.351 e. The Labute approximate surface area is 173 Å². The fourth-order valence-electron chi connectivity index (χ4n) is 4.37. The van der Waals surface area contributed by atoms with Crippen LogP contribution in [0, 0.1) is 5.41 Å². The topological polar surface area (TPSA) is 85.3 Å². The Morgan fingerprint density at radius 2 is 1.76 bits per heavy atom. The number of likely N-dealkylation sites (N-methyl/N-ethyl adjacent to an activating group) is 1. The number of rotatable bonds is 3. The summed E-state index contributed by atoms with van der Waals surface area (Å²) in [6.45, 7) is 8.18. The Hall–Kier alpha value is -2.37. The van der Waals surface area contributed by atoms with E-state index >= 15 is 0 Å². The van der Waals surface area contributed by atoms with E-state index in [0.29, 0.717) is 0 Å². The molecule has 0 spiro atoms. The Morgan fingerprint density at radius 3 is 2.31 bits per heavy atom. The van der Waals surface area contributed by atoms with Gasteiger partial charge < -0.3 is 10.6 Å². The molecule has 0 unspecified atom stereocenters. The molecule has 1 aromatic rings. The van der Waals surface area contributed by atoms with Crippen LogP contribution in [0.4, 0.5) is 0 Å². The summed E-state index contributed by atoms with van der Waals surface area (Å²) >= 11 is 0. The standard InChI is InChI=1S/C23H34N4O2/c1-22(2,3)16-13-11-15(12-14-16)18-19(28)27(5)21(24)26-23(18,4)20(29)25-17-9-7-6-8-10-17/h11-14,17-18H,6-10H2,1-5H3,(H2,24,26)(H,25,29)/t18-,23-/m0/s1. The van der Waals surface area contributed by atoms with Crippen LogP contribution in [0.15, 0.2) is 24.3 Å². The van der Waals surface area contributed by atoms with Crippen LogP contribution in [0.2, 0.25) is 0 Å². The summed E-state index contributed by atoms with van der Waals surface area (Å²) in [5.41, 5.74) is 0.762. The second-order valence-corrected chi connectivity index (χ2v) is 9.69. The van der Waals surface area contributed by atoms with E-state index < -0.39 is 11.5 Å². The molecule has 3 N–H and O–H groups in total. The van der Waals surface area contributed by atoms with Crippen molar-refractivity contribution in [1.29, 1.82) is 5.41 Å². The molecule has 2 atom stereocenters. The lowest BCUT2D eigenvalue weighted by molar-refractivity contribution is -0.139. The van der Waals surface area contributed by atoms with Crippen molar-refractivity contribution >= 4 is 17.8 Å². The Kier molecular flexibility index (Phi) is 5.74. The molecule has 29 heavy (non-hydrogen) atoms. The molecule has 0 aromatic heterocycles. The molecule has 2 amide bonds. The SMILES string of the molecule is CN1C(=N)N[C@](C)(C(=O)NC2CCCCC2)[C@@H](c2ccc(C(C)(C)C)cc2)C1=O. The van der Waals surface area contributed by atoms with E-state index in [-0.39, 0.29) is 29.2 Å². The Morgan fingerprint density at radius 1 is 1.17 bits per heavy atom. The zero-order valence-electron chi connectivity index (χ0n) is 18.3. The van der Waals surface area contributed by atoms with Crippen molar-refractivity contribution in [3.05, 3.63) is 35.4 Å². The maximum Gasteiger partial charge on any atom is 0.246 e. The van der Waals surface area contributed by atoms with Crippen molar-refractivity contribution in [2.24, 2.45) is 0 Å². The maximum atomic E-state index is 13.4. The third-order valence-corrected chi connectivity index (χ3v) is 6.39. The molecule has 1 aromatic carbocycles. The van der Waals surface area contributed by atoms with Crippen molar-refractivity contribution < 1.29 is 9.59 Å². The molecule has 6 nitrogen and oxygen atoms in total. The molecule has 1 saturated heterocycles. The first-order valence-corrected chi connectivity index (χ1v) is 10.6. The average Bonchev–Trinajstić information content (AvgIpc) is 2.67. The number of guanidine groups is 1. The van der Waals surface area contributed by atoms with Crippen LogP contribution in [-0.2, 0) is 15.0 Å².